The predicted octanol–water partition coefficient (Wildman–Crippen LogP) is 6.67. The topological polar surface area (TPSA) is 56.7 Å². The highest BCUT2D eigenvalue weighted by molar-refractivity contribution is 7.12. The highest BCUT2D eigenvalue weighted by Gasteiger charge is 2.41. The number of piperidine rings is 1. The van der Waals surface area contributed by atoms with Gasteiger partial charge < -0.3 is 10.0 Å². The van der Waals surface area contributed by atoms with Gasteiger partial charge in [0.1, 0.15) is 6.04 Å². The van der Waals surface area contributed by atoms with E-state index in [1.54, 1.807) is 11.3 Å². The van der Waals surface area contributed by atoms with Crippen LogP contribution in [0.1, 0.15) is 77.7 Å². The molecule has 2 saturated heterocycles. The first-order chi connectivity index (χ1) is 18.8. The first-order valence-corrected chi connectivity index (χ1v) is 16.3. The van der Waals surface area contributed by atoms with Crippen LogP contribution in [0, 0.1) is 18.8 Å². The van der Waals surface area contributed by atoms with Crippen LogP contribution < -0.4 is 0 Å². The molecule has 4 heterocycles. The molecule has 5 nitrogen and oxygen atoms in total. The smallest absolute Gasteiger partial charge is 0.321 e. The number of nitrogens with zero attached hydrogens (tertiary/aromatic N) is 3. The number of carbonyl (C=O) groups is 1. The number of carboxylic acids is 1. The number of thiazole rings is 1. The van der Waals surface area contributed by atoms with E-state index >= 15 is 0 Å². The molecule has 1 N–H and O–H groups in total. The predicted molar refractivity (Wildman–Crippen MR) is 162 cm³/mol. The number of hydrogen-bond acceptors (Lipinski definition) is 6. The Kier molecular flexibility index (Phi) is 9.22. The van der Waals surface area contributed by atoms with Crippen LogP contribution in [0.25, 0.3) is 0 Å². The number of carboxylic acid groups (broad SMARTS) is 1. The summed E-state index contributed by atoms with van der Waals surface area (Å²) in [5, 5.41) is 15.7. The number of aliphatic carboxylic acids is 1. The fourth-order valence-corrected chi connectivity index (χ4v) is 8.82. The third-order valence-corrected chi connectivity index (χ3v) is 10.7. The second-order valence-electron chi connectivity index (χ2n) is 11.9. The number of rotatable bonds is 10. The van der Waals surface area contributed by atoms with E-state index in [0.717, 1.165) is 45.6 Å². The average molecular weight is 566 g/mol. The van der Waals surface area contributed by atoms with Gasteiger partial charge in [0.2, 0.25) is 0 Å². The zero-order chi connectivity index (χ0) is 27.5. The Hall–Kier alpha value is -2.06. The van der Waals surface area contributed by atoms with Crippen LogP contribution in [-0.4, -0.2) is 64.6 Å². The molecule has 2 aliphatic rings. The molecule has 7 heteroatoms. The largest absolute Gasteiger partial charge is 0.480 e. The van der Waals surface area contributed by atoms with E-state index in [1.165, 1.54) is 45.1 Å². The van der Waals surface area contributed by atoms with E-state index < -0.39 is 12.0 Å². The van der Waals surface area contributed by atoms with E-state index in [4.69, 9.17) is 4.98 Å². The van der Waals surface area contributed by atoms with Crippen LogP contribution in [-0.2, 0) is 17.6 Å². The Morgan fingerprint density at radius 1 is 1.18 bits per heavy atom. The molecule has 5 rings (SSSR count). The maximum absolute atomic E-state index is 12.2. The summed E-state index contributed by atoms with van der Waals surface area (Å²) in [5.74, 6) is 0.817. The normalized spacial score (nSPS) is 22.1. The number of thiophene rings is 1. The molecule has 2 fully saturated rings. The highest BCUT2D eigenvalue weighted by Crippen LogP contribution is 2.39. The van der Waals surface area contributed by atoms with Crippen molar-refractivity contribution in [2.24, 2.45) is 11.8 Å². The molecule has 0 aliphatic carbocycles. The van der Waals surface area contributed by atoms with Crippen molar-refractivity contribution in [1.82, 2.24) is 14.8 Å². The van der Waals surface area contributed by atoms with Gasteiger partial charge in [0.15, 0.2) is 0 Å². The number of aryl methyl sites for hydroxylation is 2. The zero-order valence-electron chi connectivity index (χ0n) is 23.8. The Morgan fingerprint density at radius 3 is 2.62 bits per heavy atom. The third-order valence-electron chi connectivity index (χ3n) is 8.71. The Bertz CT molecular complexity index is 1230. The van der Waals surface area contributed by atoms with Crippen molar-refractivity contribution in [1.29, 1.82) is 0 Å². The summed E-state index contributed by atoms with van der Waals surface area (Å²) in [4.78, 5) is 23.6. The van der Waals surface area contributed by atoms with Crippen molar-refractivity contribution in [3.63, 3.8) is 0 Å². The molecular formula is C32H43N3O2S2. The fraction of sp³-hybridized carbons (Fsp3) is 0.562. The molecule has 2 aromatic heterocycles. The quantitative estimate of drug-likeness (QED) is 0.298. The molecule has 0 amide bonds. The molecule has 2 aliphatic heterocycles. The van der Waals surface area contributed by atoms with Crippen molar-refractivity contribution in [2.45, 2.75) is 71.3 Å². The Balaban J connectivity index is 1.26. The summed E-state index contributed by atoms with van der Waals surface area (Å²) in [7, 11) is 0. The van der Waals surface area contributed by atoms with Crippen LogP contribution in [0.3, 0.4) is 0 Å². The highest BCUT2D eigenvalue weighted by atomic mass is 32.1. The van der Waals surface area contributed by atoms with E-state index in [-0.39, 0.29) is 5.92 Å². The minimum atomic E-state index is -0.691. The molecule has 0 unspecified atom stereocenters. The molecule has 39 heavy (non-hydrogen) atoms. The van der Waals surface area contributed by atoms with E-state index in [1.807, 2.05) is 25.2 Å². The lowest BCUT2D eigenvalue weighted by Crippen LogP contribution is -2.44. The van der Waals surface area contributed by atoms with E-state index in [9.17, 15) is 9.90 Å². The van der Waals surface area contributed by atoms with Crippen LogP contribution >= 0.6 is 22.7 Å². The second-order valence-corrected chi connectivity index (χ2v) is 13.8. The number of benzene rings is 1. The van der Waals surface area contributed by atoms with Crippen LogP contribution in [0.5, 0.6) is 0 Å². The Labute approximate surface area is 241 Å². The first-order valence-electron chi connectivity index (χ1n) is 14.6. The summed E-state index contributed by atoms with van der Waals surface area (Å²) in [5.41, 5.74) is 5.32. The molecule has 0 saturated carbocycles. The SMILES string of the molecule is CCc1nc(Cc2ccsc2)sc1C1CCN(C[C@H]2CN([C@@H](C(=O)O)C(C)C)C[C@@H]2c2cccc(C)c2)CC1. The summed E-state index contributed by atoms with van der Waals surface area (Å²) in [6.45, 7) is 13.4. The lowest BCUT2D eigenvalue weighted by molar-refractivity contribution is -0.144. The maximum Gasteiger partial charge on any atom is 0.321 e. The molecule has 1 aromatic carbocycles. The van der Waals surface area contributed by atoms with Gasteiger partial charge in [0.05, 0.1) is 10.7 Å². The maximum atomic E-state index is 12.2. The van der Waals surface area contributed by atoms with Gasteiger partial charge in [-0.15, -0.1) is 11.3 Å². The summed E-state index contributed by atoms with van der Waals surface area (Å²) in [6.07, 6.45) is 4.32. The van der Waals surface area contributed by atoms with Crippen molar-refractivity contribution >= 4 is 28.6 Å². The van der Waals surface area contributed by atoms with Gasteiger partial charge in [0, 0.05) is 36.9 Å². The van der Waals surface area contributed by atoms with E-state index in [0.29, 0.717) is 17.8 Å². The van der Waals surface area contributed by atoms with Gasteiger partial charge in [-0.05, 0) is 85.0 Å². The second kappa shape index (κ2) is 12.6. The lowest BCUT2D eigenvalue weighted by Gasteiger charge is -2.34. The van der Waals surface area contributed by atoms with Crippen LogP contribution in [0.4, 0.5) is 0 Å². The first kappa shape index (κ1) is 28.5. The monoisotopic (exact) mass is 565 g/mol. The Morgan fingerprint density at radius 2 is 1.97 bits per heavy atom. The number of aromatic nitrogens is 1. The molecule has 0 radical (unpaired) electrons. The van der Waals surface area contributed by atoms with Crippen molar-refractivity contribution in [2.75, 3.05) is 32.7 Å². The van der Waals surface area contributed by atoms with Crippen molar-refractivity contribution in [3.05, 3.63) is 73.4 Å². The van der Waals surface area contributed by atoms with Crippen molar-refractivity contribution in [3.8, 4) is 0 Å². The standard InChI is InChI=1S/C32H43N3O2S2/c1-5-28-31(39-29(33-28)16-23-11-14-38-20-23)24-9-12-34(13-10-24)17-26-18-35(30(21(2)3)32(36)37)19-27(26)25-8-6-7-22(4)15-25/h6-8,11,14-15,20-21,24,26-27,30H,5,9-10,12-13,16-19H2,1-4H3,(H,36,37)/t26-,27+,30+/m0/s1. The van der Waals surface area contributed by atoms with Gasteiger partial charge in [-0.3, -0.25) is 9.69 Å². The van der Waals surface area contributed by atoms with Crippen molar-refractivity contribution < 1.29 is 9.90 Å². The van der Waals surface area contributed by atoms with Gasteiger partial charge in [-0.25, -0.2) is 4.98 Å². The summed E-state index contributed by atoms with van der Waals surface area (Å²) in [6, 6.07) is 10.6. The van der Waals surface area contributed by atoms with Gasteiger partial charge in [-0.1, -0.05) is 50.6 Å². The summed E-state index contributed by atoms with van der Waals surface area (Å²) >= 11 is 3.70. The van der Waals surface area contributed by atoms with Gasteiger partial charge >= 0.3 is 5.97 Å². The third kappa shape index (κ3) is 6.64. The minimum Gasteiger partial charge on any atom is -0.480 e. The molecule has 0 bridgehead atoms. The van der Waals surface area contributed by atoms with Gasteiger partial charge in [-0.2, -0.15) is 11.3 Å². The molecule has 3 aromatic rings. The molecule has 3 atom stereocenters. The van der Waals surface area contributed by atoms with Crippen LogP contribution in [0.2, 0.25) is 0 Å². The molecule has 210 valence electrons. The molecular weight excluding hydrogens is 523 g/mol. The average Bonchev–Trinajstić information content (AvgIpc) is 3.65. The summed E-state index contributed by atoms with van der Waals surface area (Å²) < 4.78 is 0. The van der Waals surface area contributed by atoms with Crippen LogP contribution in [0.15, 0.2) is 41.1 Å². The minimum absolute atomic E-state index is 0.0898. The number of hydrogen-bond donors (Lipinski definition) is 1. The van der Waals surface area contributed by atoms with Gasteiger partial charge in [0.25, 0.3) is 0 Å². The zero-order valence-corrected chi connectivity index (χ0v) is 25.4. The molecule has 0 spiro atoms. The lowest BCUT2D eigenvalue weighted by atomic mass is 9.86. The number of likely N-dealkylation sites (tertiary alicyclic amines) is 2. The fourth-order valence-electron chi connectivity index (χ4n) is 6.80. The van der Waals surface area contributed by atoms with E-state index in [2.05, 4.69) is 64.7 Å².